The summed E-state index contributed by atoms with van der Waals surface area (Å²) < 4.78 is 12.3. The molecule has 1 fully saturated rings. The maximum Gasteiger partial charge on any atom is 0.337 e. The highest BCUT2D eigenvalue weighted by Crippen LogP contribution is 2.31. The molecule has 190 valence electrons. The van der Waals surface area contributed by atoms with Gasteiger partial charge in [0.1, 0.15) is 12.2 Å². The van der Waals surface area contributed by atoms with Crippen LogP contribution in [0.1, 0.15) is 91.0 Å². The van der Waals surface area contributed by atoms with Crippen molar-refractivity contribution < 1.29 is 23.9 Å². The highest BCUT2D eigenvalue weighted by molar-refractivity contribution is 6.26. The molecule has 0 N–H and O–H groups in total. The van der Waals surface area contributed by atoms with E-state index in [9.17, 15) is 14.4 Å². The fourth-order valence-corrected chi connectivity index (χ4v) is 4.07. The minimum atomic E-state index is -0.639. The first-order valence-corrected chi connectivity index (χ1v) is 12.9. The van der Waals surface area contributed by atoms with Gasteiger partial charge in [0.25, 0.3) is 0 Å². The van der Waals surface area contributed by atoms with Gasteiger partial charge in [-0.1, -0.05) is 59.8 Å². The van der Waals surface area contributed by atoms with Crippen LogP contribution < -0.4 is 9.64 Å². The quantitative estimate of drug-likeness (QED) is 0.288. The van der Waals surface area contributed by atoms with Crippen LogP contribution in [0.4, 0.5) is 10.5 Å². The Morgan fingerprint density at radius 1 is 0.941 bits per heavy atom. The molecule has 0 aliphatic carbocycles. The van der Waals surface area contributed by atoms with Crippen LogP contribution in [0.5, 0.6) is 5.75 Å². The molecule has 2 atom stereocenters. The van der Waals surface area contributed by atoms with Crippen molar-refractivity contribution in [3.63, 3.8) is 0 Å². The lowest BCUT2D eigenvalue weighted by atomic mass is 10.0. The summed E-state index contributed by atoms with van der Waals surface area (Å²) >= 11 is 0. The van der Waals surface area contributed by atoms with Gasteiger partial charge in [-0.05, 0) is 43.4 Å². The van der Waals surface area contributed by atoms with Crippen LogP contribution in [0, 0.1) is 5.92 Å². The van der Waals surface area contributed by atoms with Crippen molar-refractivity contribution in [2.45, 2.75) is 98.2 Å². The topological polar surface area (TPSA) is 76.2 Å². The number of barbiturate groups is 1. The molecule has 1 saturated heterocycles. The van der Waals surface area contributed by atoms with Gasteiger partial charge in [0.05, 0.1) is 25.0 Å². The van der Waals surface area contributed by atoms with E-state index in [0.717, 1.165) is 54.7 Å². The van der Waals surface area contributed by atoms with Gasteiger partial charge in [-0.25, -0.2) is 9.69 Å². The Balaban J connectivity index is 2.28. The van der Waals surface area contributed by atoms with E-state index in [-0.39, 0.29) is 19.1 Å². The molecule has 1 aromatic rings. The lowest BCUT2D eigenvalue weighted by Gasteiger charge is -2.32. The van der Waals surface area contributed by atoms with E-state index in [0.29, 0.717) is 29.5 Å². The number of rotatable bonds is 15. The molecule has 1 heterocycles. The van der Waals surface area contributed by atoms with Crippen LogP contribution in [0.25, 0.3) is 0 Å². The molecular formula is C27H42N2O5. The standard InChI is InChI=1S/C27H42N2O5/c1-6-10-12-20(8-3)18-33-23-14-15-24(29-26(31)17-25(30)28(5)27(29)32)21(16-23)19-34-22(9-4)13-11-7-2/h14-16,20,22H,6-13,17-19H2,1-5H3. The zero-order valence-corrected chi connectivity index (χ0v) is 21.6. The summed E-state index contributed by atoms with van der Waals surface area (Å²) in [6.07, 6.45) is 8.35. The van der Waals surface area contributed by atoms with E-state index in [4.69, 9.17) is 9.47 Å². The smallest absolute Gasteiger partial charge is 0.337 e. The van der Waals surface area contributed by atoms with Crippen LogP contribution in [0.2, 0.25) is 0 Å². The Hall–Kier alpha value is -2.41. The van der Waals surface area contributed by atoms with Gasteiger partial charge in [-0.3, -0.25) is 14.5 Å². The van der Waals surface area contributed by atoms with Gasteiger partial charge in [0, 0.05) is 12.6 Å². The number of anilines is 1. The third kappa shape index (κ3) is 7.55. The van der Waals surface area contributed by atoms with Crippen molar-refractivity contribution in [2.24, 2.45) is 5.92 Å². The van der Waals surface area contributed by atoms with Crippen molar-refractivity contribution in [2.75, 3.05) is 18.6 Å². The van der Waals surface area contributed by atoms with E-state index in [1.54, 1.807) is 12.1 Å². The normalized spacial score (nSPS) is 16.2. The lowest BCUT2D eigenvalue weighted by molar-refractivity contribution is -0.134. The van der Waals surface area contributed by atoms with Gasteiger partial charge in [-0.2, -0.15) is 0 Å². The maximum atomic E-state index is 12.8. The summed E-state index contributed by atoms with van der Waals surface area (Å²) in [4.78, 5) is 39.5. The Morgan fingerprint density at radius 2 is 1.65 bits per heavy atom. The maximum absolute atomic E-state index is 12.8. The van der Waals surface area contributed by atoms with E-state index in [2.05, 4.69) is 27.7 Å². The molecule has 34 heavy (non-hydrogen) atoms. The predicted octanol–water partition coefficient (Wildman–Crippen LogP) is 6.08. The molecule has 2 rings (SSSR count). The number of carbonyl (C=O) groups excluding carboxylic acids is 3. The number of imide groups is 2. The summed E-state index contributed by atoms with van der Waals surface area (Å²) in [6.45, 7) is 9.51. The lowest BCUT2D eigenvalue weighted by Crippen LogP contribution is -2.53. The number of carbonyl (C=O) groups is 3. The Bertz CT molecular complexity index is 825. The fraction of sp³-hybridized carbons (Fsp3) is 0.667. The van der Waals surface area contributed by atoms with Crippen molar-refractivity contribution in [3.8, 4) is 5.75 Å². The van der Waals surface area contributed by atoms with Gasteiger partial charge in [0.15, 0.2) is 0 Å². The third-order valence-electron chi connectivity index (χ3n) is 6.53. The molecule has 1 aromatic carbocycles. The largest absolute Gasteiger partial charge is 0.493 e. The summed E-state index contributed by atoms with van der Waals surface area (Å²) in [6, 6.07) is 4.75. The Kier molecular flexibility index (Phi) is 11.5. The molecule has 0 radical (unpaired) electrons. The summed E-state index contributed by atoms with van der Waals surface area (Å²) in [5.41, 5.74) is 1.16. The minimum Gasteiger partial charge on any atom is -0.493 e. The monoisotopic (exact) mass is 474 g/mol. The van der Waals surface area contributed by atoms with E-state index < -0.39 is 17.8 Å². The number of nitrogens with zero attached hydrogens (tertiary/aromatic N) is 2. The van der Waals surface area contributed by atoms with Crippen LogP contribution in [-0.4, -0.2) is 42.5 Å². The van der Waals surface area contributed by atoms with Crippen LogP contribution in [0.3, 0.4) is 0 Å². The van der Waals surface area contributed by atoms with Gasteiger partial charge < -0.3 is 9.47 Å². The number of unbranched alkanes of at least 4 members (excludes halogenated alkanes) is 2. The van der Waals surface area contributed by atoms with Crippen molar-refractivity contribution in [1.82, 2.24) is 4.90 Å². The van der Waals surface area contributed by atoms with Crippen LogP contribution in [-0.2, 0) is 20.9 Å². The summed E-state index contributed by atoms with van der Waals surface area (Å²) in [5, 5.41) is 0. The molecule has 1 aliphatic heterocycles. The van der Waals surface area contributed by atoms with Crippen molar-refractivity contribution in [3.05, 3.63) is 23.8 Å². The molecule has 2 unspecified atom stereocenters. The number of urea groups is 1. The van der Waals surface area contributed by atoms with E-state index >= 15 is 0 Å². The molecule has 0 spiro atoms. The second-order valence-electron chi connectivity index (χ2n) is 9.14. The van der Waals surface area contributed by atoms with Crippen LogP contribution in [0.15, 0.2) is 18.2 Å². The van der Waals surface area contributed by atoms with Gasteiger partial charge in [-0.15, -0.1) is 0 Å². The van der Waals surface area contributed by atoms with E-state index in [1.165, 1.54) is 13.5 Å². The molecule has 0 saturated carbocycles. The first-order chi connectivity index (χ1) is 16.4. The molecule has 7 heteroatoms. The van der Waals surface area contributed by atoms with E-state index in [1.807, 2.05) is 6.07 Å². The zero-order valence-electron chi connectivity index (χ0n) is 21.6. The van der Waals surface area contributed by atoms with Gasteiger partial charge in [0.2, 0.25) is 11.8 Å². The number of amides is 4. The summed E-state index contributed by atoms with van der Waals surface area (Å²) in [5.74, 6) is 0.168. The number of hydrogen-bond acceptors (Lipinski definition) is 5. The number of hydrogen-bond donors (Lipinski definition) is 0. The highest BCUT2D eigenvalue weighted by atomic mass is 16.5. The second kappa shape index (κ2) is 14.1. The van der Waals surface area contributed by atoms with Crippen LogP contribution >= 0.6 is 0 Å². The SMILES string of the molecule is CCCCC(CC)COc1ccc(N2C(=O)CC(=O)N(C)C2=O)c(COC(CC)CCCC)c1. The number of benzene rings is 1. The average molecular weight is 475 g/mol. The first-order valence-electron chi connectivity index (χ1n) is 12.9. The molecule has 0 bridgehead atoms. The third-order valence-corrected chi connectivity index (χ3v) is 6.53. The van der Waals surface area contributed by atoms with Crippen molar-refractivity contribution >= 4 is 23.5 Å². The predicted molar refractivity (Wildman–Crippen MR) is 134 cm³/mol. The average Bonchev–Trinajstić information content (AvgIpc) is 2.83. The van der Waals surface area contributed by atoms with Gasteiger partial charge >= 0.3 is 6.03 Å². The zero-order chi connectivity index (χ0) is 25.1. The summed E-state index contributed by atoms with van der Waals surface area (Å²) in [7, 11) is 1.40. The van der Waals surface area contributed by atoms with Crippen molar-refractivity contribution in [1.29, 1.82) is 0 Å². The molecule has 1 aliphatic rings. The highest BCUT2D eigenvalue weighted by Gasteiger charge is 2.37. The number of ether oxygens (including phenoxy) is 2. The Labute approximate surface area is 204 Å². The molecule has 4 amide bonds. The molecule has 7 nitrogen and oxygen atoms in total. The molecular weight excluding hydrogens is 432 g/mol. The molecule has 0 aromatic heterocycles. The Morgan fingerprint density at radius 3 is 2.29 bits per heavy atom. The second-order valence-corrected chi connectivity index (χ2v) is 9.14. The fourth-order valence-electron chi connectivity index (χ4n) is 4.07. The first kappa shape index (κ1) is 27.8. The minimum absolute atomic E-state index is 0.105.